The number of nitrogens with zero attached hydrogens (tertiary/aromatic N) is 1. The maximum absolute atomic E-state index is 9.71. The van der Waals surface area contributed by atoms with E-state index in [1.54, 1.807) is 24.4 Å². The summed E-state index contributed by atoms with van der Waals surface area (Å²) in [5.74, 6) is 0.220. The lowest BCUT2D eigenvalue weighted by Gasteiger charge is -2.09. The van der Waals surface area contributed by atoms with Crippen LogP contribution in [0.25, 0.3) is 0 Å². The topological polar surface area (TPSA) is 45.2 Å². The quantitative estimate of drug-likeness (QED) is 0.890. The number of phenols is 1. The third-order valence-electron chi connectivity index (χ3n) is 2.86. The zero-order chi connectivity index (χ0) is 13.0. The van der Waals surface area contributed by atoms with E-state index in [1.807, 2.05) is 19.2 Å². The van der Waals surface area contributed by atoms with Gasteiger partial charge >= 0.3 is 0 Å². The largest absolute Gasteiger partial charge is 0.508 e. The fourth-order valence-electron chi connectivity index (χ4n) is 1.73. The molecule has 0 aliphatic heterocycles. The van der Waals surface area contributed by atoms with Crippen LogP contribution in [0.4, 0.5) is 0 Å². The molecule has 0 fully saturated rings. The van der Waals surface area contributed by atoms with Crippen LogP contribution in [0.1, 0.15) is 16.7 Å². The van der Waals surface area contributed by atoms with Crippen molar-refractivity contribution in [2.24, 2.45) is 0 Å². The molecule has 18 heavy (non-hydrogen) atoms. The van der Waals surface area contributed by atoms with E-state index in [2.05, 4.69) is 10.3 Å². The first-order chi connectivity index (χ1) is 8.68. The van der Waals surface area contributed by atoms with E-state index in [9.17, 15) is 5.11 Å². The highest BCUT2D eigenvalue weighted by Crippen LogP contribution is 2.24. The molecule has 4 heteroatoms. The van der Waals surface area contributed by atoms with Crippen LogP contribution in [0.15, 0.2) is 36.7 Å². The third-order valence-corrected chi connectivity index (χ3v) is 3.21. The van der Waals surface area contributed by atoms with Gasteiger partial charge in [0.2, 0.25) is 0 Å². The predicted octanol–water partition coefficient (Wildman–Crippen LogP) is 3.04. The molecule has 2 aromatic rings. The van der Waals surface area contributed by atoms with Gasteiger partial charge < -0.3 is 10.4 Å². The number of hydrogen-bond acceptors (Lipinski definition) is 3. The molecule has 0 radical (unpaired) electrons. The Morgan fingerprint density at radius 3 is 2.83 bits per heavy atom. The number of nitrogens with one attached hydrogen (secondary N) is 1. The van der Waals surface area contributed by atoms with Gasteiger partial charge in [-0.25, -0.2) is 0 Å². The first kappa shape index (κ1) is 12.9. The van der Waals surface area contributed by atoms with Crippen LogP contribution in [0, 0.1) is 6.92 Å². The van der Waals surface area contributed by atoms with Gasteiger partial charge in [0.1, 0.15) is 5.75 Å². The molecule has 3 nitrogen and oxygen atoms in total. The molecule has 2 rings (SSSR count). The monoisotopic (exact) mass is 262 g/mol. The van der Waals surface area contributed by atoms with Crippen LogP contribution in [-0.4, -0.2) is 10.1 Å². The highest BCUT2D eigenvalue weighted by molar-refractivity contribution is 6.31. The average molecular weight is 263 g/mol. The molecule has 0 spiro atoms. The van der Waals surface area contributed by atoms with Gasteiger partial charge in [-0.2, -0.15) is 0 Å². The molecule has 1 aromatic carbocycles. The average Bonchev–Trinajstić information content (AvgIpc) is 2.35. The Hall–Kier alpha value is -1.58. The second-order valence-corrected chi connectivity index (χ2v) is 4.55. The Morgan fingerprint density at radius 1 is 1.28 bits per heavy atom. The Bertz CT molecular complexity index is 523. The Labute approximate surface area is 111 Å². The van der Waals surface area contributed by atoms with Gasteiger partial charge in [0.25, 0.3) is 0 Å². The van der Waals surface area contributed by atoms with E-state index in [1.165, 1.54) is 5.56 Å². The van der Waals surface area contributed by atoms with Crippen molar-refractivity contribution in [1.82, 2.24) is 10.3 Å². The number of halogens is 1. The standard InChI is InChI=1S/C14H15ClN2O/c1-10-5-6-16-7-11(10)8-17-9-12-13(15)3-2-4-14(12)18/h2-7,17-18H,8-9H2,1H3. The van der Waals surface area contributed by atoms with Crippen molar-refractivity contribution in [3.05, 3.63) is 58.4 Å². The van der Waals surface area contributed by atoms with Gasteiger partial charge in [0.05, 0.1) is 0 Å². The van der Waals surface area contributed by atoms with Gasteiger partial charge in [-0.1, -0.05) is 17.7 Å². The molecular weight excluding hydrogens is 248 g/mol. The SMILES string of the molecule is Cc1ccncc1CNCc1c(O)cccc1Cl. The molecule has 0 saturated carbocycles. The van der Waals surface area contributed by atoms with Crippen molar-refractivity contribution < 1.29 is 5.11 Å². The van der Waals surface area contributed by atoms with Crippen LogP contribution in [0.5, 0.6) is 5.75 Å². The van der Waals surface area contributed by atoms with Crippen LogP contribution < -0.4 is 5.32 Å². The molecule has 1 aromatic heterocycles. The second-order valence-electron chi connectivity index (χ2n) is 4.14. The predicted molar refractivity (Wildman–Crippen MR) is 72.6 cm³/mol. The lowest BCUT2D eigenvalue weighted by atomic mass is 10.1. The lowest BCUT2D eigenvalue weighted by molar-refractivity contribution is 0.464. The van der Waals surface area contributed by atoms with Gasteiger partial charge in [-0.3, -0.25) is 4.98 Å². The second kappa shape index (κ2) is 5.85. The fourth-order valence-corrected chi connectivity index (χ4v) is 1.96. The highest BCUT2D eigenvalue weighted by Gasteiger charge is 2.05. The van der Waals surface area contributed by atoms with Crippen LogP contribution in [0.3, 0.4) is 0 Å². The van der Waals surface area contributed by atoms with Crippen molar-refractivity contribution in [3.63, 3.8) is 0 Å². The van der Waals surface area contributed by atoms with E-state index in [0.717, 1.165) is 11.1 Å². The molecule has 0 amide bonds. The van der Waals surface area contributed by atoms with E-state index < -0.39 is 0 Å². The molecule has 94 valence electrons. The summed E-state index contributed by atoms with van der Waals surface area (Å²) in [6.07, 6.45) is 3.62. The van der Waals surface area contributed by atoms with Gasteiger partial charge in [0.15, 0.2) is 0 Å². The number of aromatic hydroxyl groups is 1. The van der Waals surface area contributed by atoms with E-state index >= 15 is 0 Å². The van der Waals surface area contributed by atoms with Crippen LogP contribution in [0.2, 0.25) is 5.02 Å². The van der Waals surface area contributed by atoms with Gasteiger partial charge in [-0.05, 0) is 36.2 Å². The Balaban J connectivity index is 1.99. The van der Waals surface area contributed by atoms with Crippen molar-refractivity contribution in [3.8, 4) is 5.75 Å². The Kier molecular flexibility index (Phi) is 4.18. The smallest absolute Gasteiger partial charge is 0.121 e. The number of aromatic nitrogens is 1. The summed E-state index contributed by atoms with van der Waals surface area (Å²) in [4.78, 5) is 4.09. The van der Waals surface area contributed by atoms with E-state index in [-0.39, 0.29) is 5.75 Å². The molecule has 1 heterocycles. The number of phenolic OH excluding ortho intramolecular Hbond substituents is 1. The normalized spacial score (nSPS) is 10.6. The zero-order valence-electron chi connectivity index (χ0n) is 10.2. The minimum atomic E-state index is 0.220. The lowest BCUT2D eigenvalue weighted by Crippen LogP contribution is -2.14. The van der Waals surface area contributed by atoms with Crippen LogP contribution >= 0.6 is 11.6 Å². The van der Waals surface area contributed by atoms with Gasteiger partial charge in [-0.15, -0.1) is 0 Å². The summed E-state index contributed by atoms with van der Waals surface area (Å²) in [5, 5.41) is 13.5. The molecule has 0 aliphatic carbocycles. The first-order valence-electron chi connectivity index (χ1n) is 5.75. The number of rotatable bonds is 4. The fraction of sp³-hybridized carbons (Fsp3) is 0.214. The summed E-state index contributed by atoms with van der Waals surface area (Å²) in [5.41, 5.74) is 3.06. The zero-order valence-corrected chi connectivity index (χ0v) is 10.9. The van der Waals surface area contributed by atoms with E-state index in [0.29, 0.717) is 18.1 Å². The molecule has 0 unspecified atom stereocenters. The highest BCUT2D eigenvalue weighted by atomic mass is 35.5. The molecule has 0 saturated heterocycles. The summed E-state index contributed by atoms with van der Waals surface area (Å²) >= 11 is 6.03. The van der Waals surface area contributed by atoms with Crippen LogP contribution in [-0.2, 0) is 13.1 Å². The molecule has 0 bridgehead atoms. The first-order valence-corrected chi connectivity index (χ1v) is 6.13. The molecule has 0 aliphatic rings. The van der Waals surface area contributed by atoms with Crippen molar-refractivity contribution in [2.75, 3.05) is 0 Å². The number of hydrogen-bond donors (Lipinski definition) is 2. The minimum absolute atomic E-state index is 0.220. The summed E-state index contributed by atoms with van der Waals surface area (Å²) in [6, 6.07) is 7.11. The minimum Gasteiger partial charge on any atom is -0.508 e. The molecule has 2 N–H and O–H groups in total. The van der Waals surface area contributed by atoms with Gasteiger partial charge in [0, 0.05) is 36.1 Å². The summed E-state index contributed by atoms with van der Waals surface area (Å²) in [6.45, 7) is 3.27. The van der Waals surface area contributed by atoms with Crippen molar-refractivity contribution in [2.45, 2.75) is 20.0 Å². The molecular formula is C14H15ClN2O. The van der Waals surface area contributed by atoms with Crippen molar-refractivity contribution >= 4 is 11.6 Å². The summed E-state index contributed by atoms with van der Waals surface area (Å²) < 4.78 is 0. The van der Waals surface area contributed by atoms with Crippen molar-refractivity contribution in [1.29, 1.82) is 0 Å². The number of pyridine rings is 1. The number of aryl methyl sites for hydroxylation is 1. The maximum Gasteiger partial charge on any atom is 0.121 e. The third kappa shape index (κ3) is 3.00. The Morgan fingerprint density at radius 2 is 2.11 bits per heavy atom. The maximum atomic E-state index is 9.71. The number of benzene rings is 1. The molecule has 0 atom stereocenters. The van der Waals surface area contributed by atoms with E-state index in [4.69, 9.17) is 11.6 Å². The summed E-state index contributed by atoms with van der Waals surface area (Å²) in [7, 11) is 0.